The molecule has 0 aliphatic heterocycles. The molecule has 0 saturated carbocycles. The van der Waals surface area contributed by atoms with Crippen LogP contribution in [-0.2, 0) is 23.6 Å². The number of fused-ring (bicyclic) bond motifs is 1. The average molecular weight is 547 g/mol. The summed E-state index contributed by atoms with van der Waals surface area (Å²) in [4.78, 5) is 15.6. The molecule has 3 N–H and O–H groups in total. The molecule has 0 spiro atoms. The fraction of sp³-hybridized carbons (Fsp3) is 0.148. The summed E-state index contributed by atoms with van der Waals surface area (Å²) in [5.74, 6) is 1.43. The van der Waals surface area contributed by atoms with E-state index in [1.807, 2.05) is 41.8 Å². The highest BCUT2D eigenvalue weighted by Crippen LogP contribution is 2.28. The van der Waals surface area contributed by atoms with E-state index in [9.17, 15) is 12.8 Å². The Hall–Kier alpha value is -4.71. The summed E-state index contributed by atoms with van der Waals surface area (Å²) in [6.07, 6.45) is 2.76. The highest BCUT2D eigenvalue weighted by atomic mass is 32.2. The fourth-order valence-corrected chi connectivity index (χ4v) is 4.63. The maximum Gasteiger partial charge on any atom is 0.229 e. The van der Waals surface area contributed by atoms with Crippen molar-refractivity contribution in [2.24, 2.45) is 7.05 Å². The van der Waals surface area contributed by atoms with Gasteiger partial charge in [-0.2, -0.15) is 4.98 Å². The Kier molecular flexibility index (Phi) is 7.03. The molecule has 0 aliphatic carbocycles. The first-order chi connectivity index (χ1) is 18.7. The molecule has 0 amide bonds. The summed E-state index contributed by atoms with van der Waals surface area (Å²) in [5, 5.41) is 6.36. The molecule has 12 heteroatoms. The second kappa shape index (κ2) is 10.6. The molecule has 5 rings (SSSR count). The quantitative estimate of drug-likeness (QED) is 0.237. The van der Waals surface area contributed by atoms with Gasteiger partial charge in [-0.05, 0) is 54.6 Å². The van der Waals surface area contributed by atoms with Crippen LogP contribution in [0.5, 0.6) is 0 Å². The molecule has 0 radical (unpaired) electrons. The Labute approximate surface area is 225 Å². The summed E-state index contributed by atoms with van der Waals surface area (Å²) in [5.41, 5.74) is 4.34. The van der Waals surface area contributed by atoms with Gasteiger partial charge in [0.2, 0.25) is 21.9 Å². The predicted octanol–water partition coefficient (Wildman–Crippen LogP) is 5.00. The molecule has 0 fully saturated rings. The van der Waals surface area contributed by atoms with Crippen molar-refractivity contribution >= 4 is 55.8 Å². The van der Waals surface area contributed by atoms with Crippen LogP contribution in [0.2, 0.25) is 0 Å². The lowest BCUT2D eigenvalue weighted by Gasteiger charge is -2.19. The molecule has 3 aromatic carbocycles. The SMILES string of the molecule is CN(c1ccc2c(c1)nc(NCc1ccccc1F)n2C)c1ccnc(Nc2ccc(NS(C)(=O)=O)cc2)n1. The lowest BCUT2D eigenvalue weighted by Crippen LogP contribution is -2.12. The monoisotopic (exact) mass is 546 g/mol. The molecule has 2 aromatic heterocycles. The van der Waals surface area contributed by atoms with Crippen molar-refractivity contribution in [3.8, 4) is 0 Å². The van der Waals surface area contributed by atoms with Crippen LogP contribution < -0.4 is 20.3 Å². The molecular formula is C27H27FN8O2S. The number of hydrogen-bond acceptors (Lipinski definition) is 8. The lowest BCUT2D eigenvalue weighted by atomic mass is 10.2. The number of rotatable bonds is 9. The molecule has 0 aliphatic rings. The van der Waals surface area contributed by atoms with Crippen LogP contribution in [0.1, 0.15) is 5.56 Å². The highest BCUT2D eigenvalue weighted by Gasteiger charge is 2.13. The van der Waals surface area contributed by atoms with Crippen LogP contribution in [0, 0.1) is 5.82 Å². The summed E-state index contributed by atoms with van der Waals surface area (Å²) in [6, 6.07) is 21.2. The topological polar surface area (TPSA) is 117 Å². The van der Waals surface area contributed by atoms with Gasteiger partial charge in [0.25, 0.3) is 0 Å². The van der Waals surface area contributed by atoms with Gasteiger partial charge in [0, 0.05) is 49.5 Å². The Morgan fingerprint density at radius 2 is 1.72 bits per heavy atom. The maximum absolute atomic E-state index is 14.0. The Balaban J connectivity index is 1.31. The van der Waals surface area contributed by atoms with E-state index in [0.29, 0.717) is 41.2 Å². The van der Waals surface area contributed by atoms with Crippen LogP contribution in [0.25, 0.3) is 11.0 Å². The van der Waals surface area contributed by atoms with E-state index in [2.05, 4.69) is 25.3 Å². The number of nitrogens with one attached hydrogen (secondary N) is 3. The smallest absolute Gasteiger partial charge is 0.229 e. The Bertz CT molecular complexity index is 1740. The predicted molar refractivity (Wildman–Crippen MR) is 153 cm³/mol. The Morgan fingerprint density at radius 1 is 0.974 bits per heavy atom. The number of benzene rings is 3. The molecule has 0 atom stereocenters. The largest absolute Gasteiger partial charge is 0.351 e. The molecular weight excluding hydrogens is 519 g/mol. The second-order valence-electron chi connectivity index (χ2n) is 8.99. The molecule has 2 heterocycles. The van der Waals surface area contributed by atoms with Crippen molar-refractivity contribution in [1.29, 1.82) is 0 Å². The average Bonchev–Trinajstić information content (AvgIpc) is 3.23. The number of sulfonamides is 1. The van der Waals surface area contributed by atoms with E-state index < -0.39 is 10.0 Å². The zero-order valence-corrected chi connectivity index (χ0v) is 22.4. The number of nitrogens with zero attached hydrogens (tertiary/aromatic N) is 5. The summed E-state index contributed by atoms with van der Waals surface area (Å²) >= 11 is 0. The molecule has 0 unspecified atom stereocenters. The molecule has 0 saturated heterocycles. The number of aryl methyl sites for hydroxylation is 1. The molecule has 10 nitrogen and oxygen atoms in total. The molecule has 0 bridgehead atoms. The number of anilines is 6. The van der Waals surface area contributed by atoms with Gasteiger partial charge in [-0.25, -0.2) is 22.8 Å². The maximum atomic E-state index is 14.0. The van der Waals surface area contributed by atoms with E-state index in [0.717, 1.165) is 23.0 Å². The van der Waals surface area contributed by atoms with E-state index in [1.54, 1.807) is 54.7 Å². The zero-order valence-electron chi connectivity index (χ0n) is 21.6. The first-order valence-corrected chi connectivity index (χ1v) is 13.9. The van der Waals surface area contributed by atoms with Gasteiger partial charge in [0.1, 0.15) is 11.6 Å². The van der Waals surface area contributed by atoms with Crippen molar-refractivity contribution in [3.05, 3.63) is 90.4 Å². The van der Waals surface area contributed by atoms with Crippen LogP contribution in [0.15, 0.2) is 79.0 Å². The number of hydrogen-bond donors (Lipinski definition) is 3. The van der Waals surface area contributed by atoms with E-state index in [-0.39, 0.29) is 5.82 Å². The van der Waals surface area contributed by atoms with E-state index >= 15 is 0 Å². The number of imidazole rings is 1. The molecule has 5 aromatic rings. The third-order valence-electron chi connectivity index (χ3n) is 6.08. The van der Waals surface area contributed by atoms with Crippen molar-refractivity contribution in [3.63, 3.8) is 0 Å². The van der Waals surface area contributed by atoms with Crippen LogP contribution in [0.4, 0.5) is 39.2 Å². The van der Waals surface area contributed by atoms with Gasteiger partial charge < -0.3 is 20.1 Å². The van der Waals surface area contributed by atoms with Gasteiger partial charge in [-0.1, -0.05) is 18.2 Å². The minimum absolute atomic E-state index is 0.257. The second-order valence-corrected chi connectivity index (χ2v) is 10.7. The van der Waals surface area contributed by atoms with Gasteiger partial charge >= 0.3 is 0 Å². The van der Waals surface area contributed by atoms with Crippen LogP contribution >= 0.6 is 0 Å². The van der Waals surface area contributed by atoms with Gasteiger partial charge in [-0.15, -0.1) is 0 Å². The van der Waals surface area contributed by atoms with E-state index in [1.165, 1.54) is 6.07 Å². The first-order valence-electron chi connectivity index (χ1n) is 12.0. The molecule has 39 heavy (non-hydrogen) atoms. The van der Waals surface area contributed by atoms with E-state index in [4.69, 9.17) is 4.98 Å². The normalized spacial score (nSPS) is 11.4. The zero-order chi connectivity index (χ0) is 27.6. The van der Waals surface area contributed by atoms with Crippen LogP contribution in [0.3, 0.4) is 0 Å². The van der Waals surface area contributed by atoms with Gasteiger partial charge in [-0.3, -0.25) is 4.72 Å². The minimum Gasteiger partial charge on any atom is -0.351 e. The summed E-state index contributed by atoms with van der Waals surface area (Å²) in [7, 11) is 0.468. The summed E-state index contributed by atoms with van der Waals surface area (Å²) in [6.45, 7) is 0.324. The third kappa shape index (κ3) is 6.07. The van der Waals surface area contributed by atoms with Crippen molar-refractivity contribution in [2.75, 3.05) is 33.6 Å². The van der Waals surface area contributed by atoms with Gasteiger partial charge in [0.05, 0.1) is 17.3 Å². The lowest BCUT2D eigenvalue weighted by molar-refractivity contribution is 0.606. The number of aromatic nitrogens is 4. The van der Waals surface area contributed by atoms with Crippen molar-refractivity contribution in [2.45, 2.75) is 6.54 Å². The summed E-state index contributed by atoms with van der Waals surface area (Å²) < 4.78 is 41.2. The number of halogens is 1. The van der Waals surface area contributed by atoms with Crippen molar-refractivity contribution < 1.29 is 12.8 Å². The van der Waals surface area contributed by atoms with Crippen molar-refractivity contribution in [1.82, 2.24) is 19.5 Å². The molecule has 200 valence electrons. The standard InChI is InChI=1S/C27H27FN8O2S/c1-35(25-14-15-29-26(33-25)31-19-8-10-20(11-9-19)34-39(3,37)38)21-12-13-24-23(16-21)32-27(36(24)2)30-17-18-6-4-5-7-22(18)28/h4-16,34H,17H2,1-3H3,(H,30,32)(H,29,31,33). The minimum atomic E-state index is -3.35. The highest BCUT2D eigenvalue weighted by molar-refractivity contribution is 7.92. The fourth-order valence-electron chi connectivity index (χ4n) is 4.06. The van der Waals surface area contributed by atoms with Gasteiger partial charge in [0.15, 0.2) is 0 Å². The third-order valence-corrected chi connectivity index (χ3v) is 6.68. The van der Waals surface area contributed by atoms with Crippen LogP contribution in [-0.4, -0.2) is 41.2 Å². The Morgan fingerprint density at radius 3 is 2.46 bits per heavy atom. The first kappa shape index (κ1) is 25.9.